The number of carboxylic acids is 4. The molecule has 0 aliphatic carbocycles. The van der Waals surface area contributed by atoms with Gasteiger partial charge < -0.3 is 51.9 Å². The van der Waals surface area contributed by atoms with Crippen molar-refractivity contribution in [3.63, 3.8) is 0 Å². The summed E-state index contributed by atoms with van der Waals surface area (Å²) in [5.41, 5.74) is 2.04. The molecule has 4 atom stereocenters. The minimum absolute atomic E-state index is 0. The Morgan fingerprint density at radius 1 is 0.614 bits per heavy atom. The van der Waals surface area contributed by atoms with Gasteiger partial charge in [-0.25, -0.2) is 0 Å². The van der Waals surface area contributed by atoms with Crippen LogP contribution in [0.1, 0.15) is 61.2 Å². The Balaban J connectivity index is -0.000000144. The van der Waals surface area contributed by atoms with Crippen LogP contribution < -0.4 is 69.3 Å². The molecule has 10 N–H and O–H groups in total. The molecule has 0 aliphatic heterocycles. The molecular formula is C28H42Na2O12S2. The molecule has 0 fully saturated rings. The molecule has 2 rings (SSSR count). The van der Waals surface area contributed by atoms with Crippen LogP contribution in [0.5, 0.6) is 0 Å². The van der Waals surface area contributed by atoms with Crippen LogP contribution in [0, 0.1) is 11.8 Å². The van der Waals surface area contributed by atoms with Gasteiger partial charge in [-0.15, -0.1) is 0 Å². The van der Waals surface area contributed by atoms with Crippen molar-refractivity contribution in [2.75, 3.05) is 11.5 Å². The molecule has 0 aromatic heterocycles. The number of thioether (sulfide) groups is 2. The van der Waals surface area contributed by atoms with Gasteiger partial charge in [0.25, 0.3) is 0 Å². The molecule has 0 bridgehead atoms. The average molecular weight is 681 g/mol. The summed E-state index contributed by atoms with van der Waals surface area (Å²) in [4.78, 5) is 42.5. The Kier molecular flexibility index (Phi) is 40.0. The first-order valence-corrected chi connectivity index (χ1v) is 14.3. The molecule has 0 saturated heterocycles. The zero-order chi connectivity index (χ0) is 28.5. The second-order valence-corrected chi connectivity index (χ2v) is 11.3. The molecule has 0 amide bonds. The van der Waals surface area contributed by atoms with E-state index in [1.807, 2.05) is 74.5 Å². The summed E-state index contributed by atoms with van der Waals surface area (Å²) in [5.74, 6) is -3.12. The molecule has 2 aromatic carbocycles. The number of hydrogen-bond donors (Lipinski definition) is 2. The Morgan fingerprint density at radius 3 is 1.11 bits per heavy atom. The summed E-state index contributed by atoms with van der Waals surface area (Å²) >= 11 is 2.96. The van der Waals surface area contributed by atoms with E-state index >= 15 is 0 Å². The van der Waals surface area contributed by atoms with Gasteiger partial charge in [0.05, 0.1) is 12.8 Å². The van der Waals surface area contributed by atoms with Crippen molar-refractivity contribution in [1.82, 2.24) is 0 Å². The van der Waals surface area contributed by atoms with Crippen LogP contribution >= 0.6 is 23.5 Å². The Bertz CT molecular complexity index is 939. The van der Waals surface area contributed by atoms with Crippen LogP contribution in [-0.4, -0.2) is 67.5 Å². The third kappa shape index (κ3) is 25.1. The summed E-state index contributed by atoms with van der Waals surface area (Å²) < 4.78 is 0. The standard InChI is InChI=1S/2C14H18O4S.2Na.4H2O/c2*1-10(9-13(17)18)14(19-8-7-12(15)16)11-5-3-2-4-6-11;;;;;;/h2*2-6,10,14H,7-9H2,1H3,(H,15,16)(H,17,18);;;4*1H2/q;;2*+1;;;;/p-2. The molecule has 0 aliphatic rings. The van der Waals surface area contributed by atoms with Gasteiger partial charge in [0.2, 0.25) is 0 Å². The topological polar surface area (TPSA) is 281 Å². The Morgan fingerprint density at radius 2 is 0.886 bits per heavy atom. The van der Waals surface area contributed by atoms with E-state index in [2.05, 4.69) is 0 Å². The summed E-state index contributed by atoms with van der Waals surface area (Å²) in [6, 6.07) is 19.1. The number of rotatable bonds is 16. The fourth-order valence-electron chi connectivity index (χ4n) is 3.75. The summed E-state index contributed by atoms with van der Waals surface area (Å²) in [5, 5.41) is 38.7. The third-order valence-corrected chi connectivity index (χ3v) is 8.57. The minimum atomic E-state index is -1.08. The van der Waals surface area contributed by atoms with Gasteiger partial charge in [0.15, 0.2) is 0 Å². The molecule has 4 unspecified atom stereocenters. The van der Waals surface area contributed by atoms with Crippen LogP contribution in [-0.2, 0) is 19.2 Å². The van der Waals surface area contributed by atoms with Crippen molar-refractivity contribution in [2.24, 2.45) is 11.8 Å². The number of carboxylic acid groups (broad SMARTS) is 4. The monoisotopic (exact) mass is 680 g/mol. The molecule has 2 aromatic rings. The Labute approximate surface area is 310 Å². The van der Waals surface area contributed by atoms with E-state index in [0.717, 1.165) is 11.1 Å². The summed E-state index contributed by atoms with van der Waals surface area (Å²) in [6.07, 6.45) is 0.0946. The van der Waals surface area contributed by atoms with E-state index in [0.29, 0.717) is 11.5 Å². The van der Waals surface area contributed by atoms with Crippen molar-refractivity contribution < 1.29 is 121 Å². The van der Waals surface area contributed by atoms with Gasteiger partial charge in [-0.3, -0.25) is 9.59 Å². The molecule has 0 saturated carbocycles. The zero-order valence-electron chi connectivity index (χ0n) is 25.5. The maximum Gasteiger partial charge on any atom is 1.00 e. The van der Waals surface area contributed by atoms with Crippen LogP contribution in [0.3, 0.4) is 0 Å². The predicted molar refractivity (Wildman–Crippen MR) is 160 cm³/mol. The molecule has 16 heteroatoms. The van der Waals surface area contributed by atoms with Gasteiger partial charge in [0, 0.05) is 33.9 Å². The molecule has 0 heterocycles. The van der Waals surface area contributed by atoms with Crippen LogP contribution in [0.15, 0.2) is 60.7 Å². The molecular weight excluding hydrogens is 638 g/mol. The Hall–Kier alpha value is -1.14. The van der Waals surface area contributed by atoms with E-state index in [1.165, 1.54) is 23.5 Å². The van der Waals surface area contributed by atoms with Crippen molar-refractivity contribution in [2.45, 2.75) is 50.0 Å². The molecule has 0 radical (unpaired) electrons. The van der Waals surface area contributed by atoms with Gasteiger partial charge in [-0.05, 0) is 35.8 Å². The van der Waals surface area contributed by atoms with Crippen LogP contribution in [0.4, 0.5) is 0 Å². The maximum atomic E-state index is 10.7. The van der Waals surface area contributed by atoms with Crippen molar-refractivity contribution >= 4 is 47.4 Å². The largest absolute Gasteiger partial charge is 1.00 e. The second kappa shape index (κ2) is 31.8. The smallest absolute Gasteiger partial charge is 0.550 e. The number of hydrogen-bond acceptors (Lipinski definition) is 8. The summed E-state index contributed by atoms with van der Waals surface area (Å²) in [7, 11) is 0. The molecule has 12 nitrogen and oxygen atoms in total. The number of carbonyl (C=O) groups is 4. The van der Waals surface area contributed by atoms with Crippen molar-refractivity contribution in [3.8, 4) is 0 Å². The van der Waals surface area contributed by atoms with E-state index in [9.17, 15) is 29.4 Å². The first-order chi connectivity index (χ1) is 18.0. The van der Waals surface area contributed by atoms with E-state index in [-0.39, 0.29) is 129 Å². The van der Waals surface area contributed by atoms with Gasteiger partial charge in [-0.1, -0.05) is 74.5 Å². The van der Waals surface area contributed by atoms with E-state index < -0.39 is 23.9 Å². The van der Waals surface area contributed by atoms with Gasteiger partial charge in [0.1, 0.15) is 0 Å². The molecule has 240 valence electrons. The van der Waals surface area contributed by atoms with Crippen LogP contribution in [0.25, 0.3) is 0 Å². The van der Waals surface area contributed by atoms with Crippen LogP contribution in [0.2, 0.25) is 0 Å². The average Bonchev–Trinajstić information content (AvgIpc) is 2.84. The second-order valence-electron chi connectivity index (χ2n) is 8.80. The van der Waals surface area contributed by atoms with E-state index in [1.54, 1.807) is 0 Å². The fraction of sp³-hybridized carbons (Fsp3) is 0.429. The zero-order valence-corrected chi connectivity index (χ0v) is 31.1. The predicted octanol–water partition coefficient (Wildman–Crippen LogP) is -5.87. The van der Waals surface area contributed by atoms with Gasteiger partial charge >= 0.3 is 71.1 Å². The quantitative estimate of drug-likeness (QED) is 0.158. The number of aliphatic carboxylic acids is 4. The number of carbonyl (C=O) groups excluding carboxylic acids is 2. The molecule has 0 spiro atoms. The SMILES string of the molecule is CC(CC(=O)[O-])C(SCCC(=O)O)c1ccccc1.CC(CC(=O)[O-])C(SCCC(=O)O)c1ccccc1.O.O.O.O.[Na+].[Na+]. The maximum absolute atomic E-state index is 10.7. The first kappa shape index (κ1) is 55.3. The summed E-state index contributed by atoms with van der Waals surface area (Å²) in [6.45, 7) is 3.70. The van der Waals surface area contributed by atoms with Crippen molar-refractivity contribution in [1.29, 1.82) is 0 Å². The number of benzene rings is 2. The fourth-order valence-corrected chi connectivity index (χ4v) is 6.39. The van der Waals surface area contributed by atoms with E-state index in [4.69, 9.17) is 10.2 Å². The third-order valence-electron chi connectivity index (χ3n) is 5.49. The minimum Gasteiger partial charge on any atom is -0.550 e. The first-order valence-electron chi connectivity index (χ1n) is 12.2. The normalized spacial score (nSPS) is 11.9. The van der Waals surface area contributed by atoms with Crippen molar-refractivity contribution in [3.05, 3.63) is 71.8 Å². The molecule has 44 heavy (non-hydrogen) atoms. The van der Waals surface area contributed by atoms with Gasteiger partial charge in [-0.2, -0.15) is 23.5 Å².